The number of sulfonamides is 1. The second-order valence-electron chi connectivity index (χ2n) is 6.26. The highest BCUT2D eigenvalue weighted by Crippen LogP contribution is 2.33. The largest absolute Gasteiger partial charge is 0.355 e. The Morgan fingerprint density at radius 2 is 1.92 bits per heavy atom. The third kappa shape index (κ3) is 2.83. The van der Waals surface area contributed by atoms with Crippen molar-refractivity contribution in [3.8, 4) is 0 Å². The summed E-state index contributed by atoms with van der Waals surface area (Å²) in [4.78, 5) is 10.6. The summed E-state index contributed by atoms with van der Waals surface area (Å²) in [5, 5.41) is 4.36. The van der Waals surface area contributed by atoms with Crippen LogP contribution in [0.1, 0.15) is 38.1 Å². The molecule has 1 N–H and O–H groups in total. The quantitative estimate of drug-likeness (QED) is 0.886. The Kier molecular flexibility index (Phi) is 3.87. The molecule has 1 saturated heterocycles. The second kappa shape index (κ2) is 6.04. The molecular weight excluding hydrogens is 328 g/mol. The zero-order valence-electron chi connectivity index (χ0n) is 13.3. The van der Waals surface area contributed by atoms with Gasteiger partial charge in [0.25, 0.3) is 10.0 Å². The van der Waals surface area contributed by atoms with Crippen LogP contribution in [0.25, 0.3) is 0 Å². The summed E-state index contributed by atoms with van der Waals surface area (Å²) in [6.45, 7) is 1.86. The summed E-state index contributed by atoms with van der Waals surface area (Å²) in [5.41, 5.74) is 0. The molecule has 8 nitrogen and oxygen atoms in total. The van der Waals surface area contributed by atoms with Crippen molar-refractivity contribution >= 4 is 21.7 Å². The number of rotatable bonds is 5. The van der Waals surface area contributed by atoms with Gasteiger partial charge in [-0.3, -0.25) is 9.71 Å². The average Bonchev–Trinajstić information content (AvgIpc) is 3.17. The summed E-state index contributed by atoms with van der Waals surface area (Å²) < 4.78 is 29.6. The number of anilines is 2. The summed E-state index contributed by atoms with van der Waals surface area (Å²) >= 11 is 0. The van der Waals surface area contributed by atoms with Crippen LogP contribution < -0.4 is 9.62 Å². The molecule has 24 heavy (non-hydrogen) atoms. The highest BCUT2D eigenvalue weighted by atomic mass is 32.2. The van der Waals surface area contributed by atoms with E-state index in [2.05, 4.69) is 24.7 Å². The van der Waals surface area contributed by atoms with Gasteiger partial charge >= 0.3 is 0 Å². The van der Waals surface area contributed by atoms with Gasteiger partial charge in [-0.15, -0.1) is 0 Å². The molecule has 3 heterocycles. The Morgan fingerprint density at radius 3 is 2.62 bits per heavy atom. The molecule has 1 aliphatic carbocycles. The van der Waals surface area contributed by atoms with Crippen LogP contribution in [0.15, 0.2) is 29.7 Å². The van der Waals surface area contributed by atoms with Gasteiger partial charge in [0.05, 0.1) is 24.6 Å². The summed E-state index contributed by atoms with van der Waals surface area (Å²) in [5.74, 6) is 0.945. The van der Waals surface area contributed by atoms with E-state index >= 15 is 0 Å². The Hall–Kier alpha value is -2.16. The fourth-order valence-electron chi connectivity index (χ4n) is 3.11. The van der Waals surface area contributed by atoms with Crippen LogP contribution in [0.5, 0.6) is 0 Å². The van der Waals surface area contributed by atoms with Gasteiger partial charge in [0.1, 0.15) is 5.82 Å². The molecule has 0 amide bonds. The van der Waals surface area contributed by atoms with E-state index in [9.17, 15) is 8.42 Å². The molecule has 128 valence electrons. The molecule has 2 fully saturated rings. The van der Waals surface area contributed by atoms with Gasteiger partial charge < -0.3 is 4.90 Å². The minimum absolute atomic E-state index is 0.175. The Bertz CT molecular complexity index is 824. The summed E-state index contributed by atoms with van der Waals surface area (Å²) in [6.07, 6.45) is 9.92. The van der Waals surface area contributed by atoms with Gasteiger partial charge in [-0.25, -0.2) is 9.67 Å². The van der Waals surface area contributed by atoms with Crippen molar-refractivity contribution in [1.29, 1.82) is 0 Å². The molecule has 4 rings (SSSR count). The summed E-state index contributed by atoms with van der Waals surface area (Å²) in [6, 6.07) is 1.70. The minimum atomic E-state index is -3.73. The summed E-state index contributed by atoms with van der Waals surface area (Å²) in [7, 11) is -3.73. The molecule has 0 spiro atoms. The second-order valence-corrected chi connectivity index (χ2v) is 7.89. The van der Waals surface area contributed by atoms with E-state index in [0.717, 1.165) is 45.2 Å². The molecule has 2 aromatic heterocycles. The van der Waals surface area contributed by atoms with Crippen molar-refractivity contribution in [2.45, 2.75) is 43.2 Å². The Morgan fingerprint density at radius 1 is 1.12 bits per heavy atom. The van der Waals surface area contributed by atoms with Crippen LogP contribution in [-0.4, -0.2) is 41.3 Å². The highest BCUT2D eigenvalue weighted by Gasteiger charge is 2.28. The first-order chi connectivity index (χ1) is 11.6. The first-order valence-corrected chi connectivity index (χ1v) is 9.75. The van der Waals surface area contributed by atoms with E-state index in [0.29, 0.717) is 5.82 Å². The standard InChI is InChI=1S/C15H20N6O2S/c22-24(23,15-6-7-17-21(15)12-4-3-5-12)19-13-10-16-11-14(18-13)20-8-1-2-9-20/h6-7,10-12H,1-5,8-9H2,(H,18,19). The van der Waals surface area contributed by atoms with Gasteiger partial charge in [-0.05, 0) is 38.2 Å². The molecular formula is C15H20N6O2S. The van der Waals surface area contributed by atoms with E-state index in [1.165, 1.54) is 18.5 Å². The number of hydrogen-bond acceptors (Lipinski definition) is 6. The maximum atomic E-state index is 12.7. The number of nitrogens with one attached hydrogen (secondary N) is 1. The third-order valence-electron chi connectivity index (χ3n) is 4.62. The van der Waals surface area contributed by atoms with Gasteiger partial charge in [0.2, 0.25) is 0 Å². The normalized spacial score (nSPS) is 18.6. The minimum Gasteiger partial charge on any atom is -0.355 e. The van der Waals surface area contributed by atoms with E-state index < -0.39 is 10.0 Å². The molecule has 0 unspecified atom stereocenters. The topological polar surface area (TPSA) is 93.0 Å². The maximum absolute atomic E-state index is 12.7. The number of aromatic nitrogens is 4. The van der Waals surface area contributed by atoms with Gasteiger partial charge in [0, 0.05) is 13.1 Å². The zero-order valence-corrected chi connectivity index (χ0v) is 14.1. The molecule has 9 heteroatoms. The predicted molar refractivity (Wildman–Crippen MR) is 89.4 cm³/mol. The van der Waals surface area contributed by atoms with Crippen molar-refractivity contribution < 1.29 is 8.42 Å². The van der Waals surface area contributed by atoms with Crippen LogP contribution in [0.2, 0.25) is 0 Å². The highest BCUT2D eigenvalue weighted by molar-refractivity contribution is 7.92. The molecule has 2 aromatic rings. The Balaban J connectivity index is 1.58. The molecule has 0 atom stereocenters. The Labute approximate surface area is 141 Å². The zero-order chi connectivity index (χ0) is 16.6. The molecule has 0 aromatic carbocycles. The first kappa shape index (κ1) is 15.4. The van der Waals surface area contributed by atoms with Crippen molar-refractivity contribution in [3.63, 3.8) is 0 Å². The van der Waals surface area contributed by atoms with Crippen molar-refractivity contribution in [2.24, 2.45) is 0 Å². The molecule has 0 radical (unpaired) electrons. The monoisotopic (exact) mass is 348 g/mol. The lowest BCUT2D eigenvalue weighted by Crippen LogP contribution is -2.25. The molecule has 2 aliphatic rings. The smallest absolute Gasteiger partial charge is 0.280 e. The fourth-order valence-corrected chi connectivity index (χ4v) is 4.27. The molecule has 1 saturated carbocycles. The van der Waals surface area contributed by atoms with Crippen LogP contribution in [-0.2, 0) is 10.0 Å². The van der Waals surface area contributed by atoms with Gasteiger partial charge in [0.15, 0.2) is 10.8 Å². The number of hydrogen-bond donors (Lipinski definition) is 1. The van der Waals surface area contributed by atoms with E-state index in [4.69, 9.17) is 0 Å². The first-order valence-electron chi connectivity index (χ1n) is 8.27. The predicted octanol–water partition coefficient (Wildman–Crippen LogP) is 1.80. The molecule has 1 aliphatic heterocycles. The third-order valence-corrected chi connectivity index (χ3v) is 5.97. The lowest BCUT2D eigenvalue weighted by atomic mass is 9.93. The maximum Gasteiger partial charge on any atom is 0.280 e. The van der Waals surface area contributed by atoms with Crippen LogP contribution >= 0.6 is 0 Å². The lowest BCUT2D eigenvalue weighted by Gasteiger charge is -2.27. The SMILES string of the molecule is O=S(=O)(Nc1cncc(N2CCCC2)n1)c1ccnn1C1CCC1. The van der Waals surface area contributed by atoms with Crippen molar-refractivity contribution in [3.05, 3.63) is 24.7 Å². The van der Waals surface area contributed by atoms with Crippen molar-refractivity contribution in [1.82, 2.24) is 19.7 Å². The van der Waals surface area contributed by atoms with Crippen LogP contribution in [0.4, 0.5) is 11.6 Å². The van der Waals surface area contributed by atoms with E-state index in [-0.39, 0.29) is 16.9 Å². The van der Waals surface area contributed by atoms with Crippen molar-refractivity contribution in [2.75, 3.05) is 22.7 Å². The van der Waals surface area contributed by atoms with E-state index in [1.54, 1.807) is 10.9 Å². The van der Waals surface area contributed by atoms with Crippen LogP contribution in [0.3, 0.4) is 0 Å². The van der Waals surface area contributed by atoms with E-state index in [1.807, 2.05) is 0 Å². The number of nitrogens with zero attached hydrogens (tertiary/aromatic N) is 5. The average molecular weight is 348 g/mol. The lowest BCUT2D eigenvalue weighted by molar-refractivity contribution is 0.271. The van der Waals surface area contributed by atoms with Gasteiger partial charge in [-0.1, -0.05) is 0 Å². The molecule has 0 bridgehead atoms. The van der Waals surface area contributed by atoms with Gasteiger partial charge in [-0.2, -0.15) is 13.5 Å². The fraction of sp³-hybridized carbons (Fsp3) is 0.533. The van der Waals surface area contributed by atoms with Crippen LogP contribution in [0, 0.1) is 0 Å².